The number of amides is 1. The van der Waals surface area contributed by atoms with Gasteiger partial charge in [-0.3, -0.25) is 9.48 Å². The smallest absolute Gasteiger partial charge is 0.416 e. The summed E-state index contributed by atoms with van der Waals surface area (Å²) in [5.41, 5.74) is 0.0166. The molecular formula is C16H18F3N3O2. The molecular weight excluding hydrogens is 323 g/mol. The zero-order valence-corrected chi connectivity index (χ0v) is 13.6. The maximum absolute atomic E-state index is 12.9. The van der Waals surface area contributed by atoms with Gasteiger partial charge < -0.3 is 10.1 Å². The second-order valence-electron chi connectivity index (χ2n) is 5.28. The molecule has 0 atom stereocenters. The van der Waals surface area contributed by atoms with Crippen molar-refractivity contribution in [2.45, 2.75) is 26.4 Å². The number of nitrogens with zero attached hydrogens (tertiary/aromatic N) is 2. The Morgan fingerprint density at radius 2 is 2.08 bits per heavy atom. The fourth-order valence-electron chi connectivity index (χ4n) is 2.05. The van der Waals surface area contributed by atoms with E-state index in [-0.39, 0.29) is 17.0 Å². The zero-order chi connectivity index (χ0) is 17.9. The SMILES string of the molecule is CCCOc1ccc(C(F)(F)F)cc1NC(=O)c1cnn(C)c1C. The summed E-state index contributed by atoms with van der Waals surface area (Å²) in [6, 6.07) is 3.01. The molecule has 2 aromatic rings. The van der Waals surface area contributed by atoms with E-state index >= 15 is 0 Å². The Balaban J connectivity index is 2.34. The molecule has 0 unspecified atom stereocenters. The van der Waals surface area contributed by atoms with Crippen LogP contribution in [-0.2, 0) is 13.2 Å². The second-order valence-corrected chi connectivity index (χ2v) is 5.28. The van der Waals surface area contributed by atoms with Crippen LogP contribution >= 0.6 is 0 Å². The average molecular weight is 341 g/mol. The monoisotopic (exact) mass is 341 g/mol. The van der Waals surface area contributed by atoms with Crippen molar-refractivity contribution < 1.29 is 22.7 Å². The van der Waals surface area contributed by atoms with Crippen molar-refractivity contribution in [3.8, 4) is 5.75 Å². The third kappa shape index (κ3) is 3.87. The Bertz CT molecular complexity index is 739. The molecule has 0 saturated heterocycles. The van der Waals surface area contributed by atoms with Crippen LogP contribution in [0.3, 0.4) is 0 Å². The van der Waals surface area contributed by atoms with Crippen molar-refractivity contribution in [3.05, 3.63) is 41.2 Å². The van der Waals surface area contributed by atoms with Gasteiger partial charge in [-0.1, -0.05) is 6.92 Å². The number of halogens is 3. The summed E-state index contributed by atoms with van der Waals surface area (Å²) in [6.07, 6.45) is -2.45. The van der Waals surface area contributed by atoms with Gasteiger partial charge in [-0.25, -0.2) is 0 Å². The molecule has 24 heavy (non-hydrogen) atoms. The highest BCUT2D eigenvalue weighted by molar-refractivity contribution is 6.05. The number of aromatic nitrogens is 2. The fourth-order valence-corrected chi connectivity index (χ4v) is 2.05. The lowest BCUT2D eigenvalue weighted by Crippen LogP contribution is -2.15. The first kappa shape index (κ1) is 17.8. The summed E-state index contributed by atoms with van der Waals surface area (Å²) in [4.78, 5) is 12.3. The Morgan fingerprint density at radius 1 is 1.38 bits per heavy atom. The lowest BCUT2D eigenvalue weighted by molar-refractivity contribution is -0.137. The van der Waals surface area contributed by atoms with Gasteiger partial charge >= 0.3 is 6.18 Å². The van der Waals surface area contributed by atoms with Crippen molar-refractivity contribution in [2.75, 3.05) is 11.9 Å². The van der Waals surface area contributed by atoms with E-state index in [4.69, 9.17) is 4.74 Å². The van der Waals surface area contributed by atoms with Crippen molar-refractivity contribution in [1.29, 1.82) is 0 Å². The van der Waals surface area contributed by atoms with Crippen LogP contribution in [0.15, 0.2) is 24.4 Å². The number of alkyl halides is 3. The lowest BCUT2D eigenvalue weighted by Gasteiger charge is -2.15. The zero-order valence-electron chi connectivity index (χ0n) is 13.6. The Hall–Kier alpha value is -2.51. The van der Waals surface area contributed by atoms with Crippen LogP contribution in [0.2, 0.25) is 0 Å². The lowest BCUT2D eigenvalue weighted by atomic mass is 10.1. The third-order valence-corrected chi connectivity index (χ3v) is 3.50. The van der Waals surface area contributed by atoms with E-state index in [1.807, 2.05) is 6.92 Å². The molecule has 0 spiro atoms. The summed E-state index contributed by atoms with van der Waals surface area (Å²) in [5.74, 6) is -0.346. The van der Waals surface area contributed by atoms with Crippen molar-refractivity contribution in [2.24, 2.45) is 7.05 Å². The molecule has 1 N–H and O–H groups in total. The van der Waals surface area contributed by atoms with E-state index in [1.54, 1.807) is 14.0 Å². The molecule has 1 aromatic heterocycles. The predicted molar refractivity (Wildman–Crippen MR) is 83.1 cm³/mol. The predicted octanol–water partition coefficient (Wildman–Crippen LogP) is 3.79. The van der Waals surface area contributed by atoms with Gasteiger partial charge in [0.05, 0.1) is 29.6 Å². The van der Waals surface area contributed by atoms with Gasteiger partial charge in [-0.05, 0) is 31.5 Å². The van der Waals surface area contributed by atoms with Crippen LogP contribution in [0.4, 0.5) is 18.9 Å². The number of nitrogens with one attached hydrogen (secondary N) is 1. The van der Waals surface area contributed by atoms with E-state index < -0.39 is 17.6 Å². The summed E-state index contributed by atoms with van der Waals surface area (Å²) in [6.45, 7) is 3.91. The number of aryl methyl sites for hydroxylation is 1. The molecule has 0 saturated carbocycles. The minimum absolute atomic E-state index is 0.0217. The van der Waals surface area contributed by atoms with Gasteiger partial charge in [0, 0.05) is 12.7 Å². The van der Waals surface area contributed by atoms with Gasteiger partial charge in [0.1, 0.15) is 5.75 Å². The average Bonchev–Trinajstić information content (AvgIpc) is 2.84. The van der Waals surface area contributed by atoms with Gasteiger partial charge in [0.15, 0.2) is 0 Å². The Labute approximate surface area is 137 Å². The minimum atomic E-state index is -4.51. The van der Waals surface area contributed by atoms with Crippen molar-refractivity contribution in [1.82, 2.24) is 9.78 Å². The van der Waals surface area contributed by atoms with E-state index in [2.05, 4.69) is 10.4 Å². The van der Waals surface area contributed by atoms with Crippen LogP contribution in [0.25, 0.3) is 0 Å². The number of anilines is 1. The molecule has 0 aliphatic heterocycles. The minimum Gasteiger partial charge on any atom is -0.491 e. The van der Waals surface area contributed by atoms with Crippen molar-refractivity contribution in [3.63, 3.8) is 0 Å². The summed E-state index contributed by atoms with van der Waals surface area (Å²) in [7, 11) is 1.67. The highest BCUT2D eigenvalue weighted by atomic mass is 19.4. The van der Waals surface area contributed by atoms with E-state index in [0.29, 0.717) is 18.7 Å². The molecule has 8 heteroatoms. The van der Waals surface area contributed by atoms with E-state index in [0.717, 1.165) is 12.1 Å². The highest BCUT2D eigenvalue weighted by Crippen LogP contribution is 2.35. The molecule has 0 aliphatic carbocycles. The van der Waals surface area contributed by atoms with E-state index in [9.17, 15) is 18.0 Å². The quantitative estimate of drug-likeness (QED) is 0.900. The Morgan fingerprint density at radius 3 is 2.62 bits per heavy atom. The first-order chi connectivity index (χ1) is 11.2. The van der Waals surface area contributed by atoms with Crippen LogP contribution in [0, 0.1) is 6.92 Å². The molecule has 1 amide bonds. The van der Waals surface area contributed by atoms with Gasteiger partial charge in [0.2, 0.25) is 0 Å². The molecule has 1 aromatic carbocycles. The van der Waals surface area contributed by atoms with Gasteiger partial charge in [-0.15, -0.1) is 0 Å². The number of rotatable bonds is 5. The second kappa shape index (κ2) is 6.94. The fraction of sp³-hybridized carbons (Fsp3) is 0.375. The number of benzene rings is 1. The first-order valence-electron chi connectivity index (χ1n) is 7.38. The Kier molecular flexibility index (Phi) is 5.16. The van der Waals surface area contributed by atoms with Gasteiger partial charge in [-0.2, -0.15) is 18.3 Å². The number of carbonyl (C=O) groups is 1. The van der Waals surface area contributed by atoms with Crippen LogP contribution in [0.5, 0.6) is 5.75 Å². The summed E-state index contributed by atoms with van der Waals surface area (Å²) >= 11 is 0. The summed E-state index contributed by atoms with van der Waals surface area (Å²) in [5, 5.41) is 6.44. The maximum atomic E-state index is 12.9. The molecule has 1 heterocycles. The maximum Gasteiger partial charge on any atom is 0.416 e. The van der Waals surface area contributed by atoms with Gasteiger partial charge in [0.25, 0.3) is 5.91 Å². The molecule has 0 radical (unpaired) electrons. The first-order valence-corrected chi connectivity index (χ1v) is 7.38. The highest BCUT2D eigenvalue weighted by Gasteiger charge is 2.31. The molecule has 0 bridgehead atoms. The summed E-state index contributed by atoms with van der Waals surface area (Å²) < 4.78 is 45.7. The molecule has 0 fully saturated rings. The molecule has 130 valence electrons. The van der Waals surface area contributed by atoms with Crippen LogP contribution in [-0.4, -0.2) is 22.3 Å². The molecule has 0 aliphatic rings. The number of hydrogen-bond acceptors (Lipinski definition) is 3. The standard InChI is InChI=1S/C16H18F3N3O2/c1-4-7-24-14-6-5-11(16(17,18)19)8-13(14)21-15(23)12-9-20-22(3)10(12)2/h5-6,8-9H,4,7H2,1-3H3,(H,21,23). The van der Waals surface area contributed by atoms with E-state index in [1.165, 1.54) is 16.9 Å². The number of carbonyl (C=O) groups excluding carboxylic acids is 1. The normalized spacial score (nSPS) is 11.4. The largest absolute Gasteiger partial charge is 0.491 e. The number of ether oxygens (including phenoxy) is 1. The molecule has 2 rings (SSSR count). The van der Waals surface area contributed by atoms with Crippen LogP contribution in [0.1, 0.15) is 35.0 Å². The topological polar surface area (TPSA) is 56.1 Å². The van der Waals surface area contributed by atoms with Crippen LogP contribution < -0.4 is 10.1 Å². The third-order valence-electron chi connectivity index (χ3n) is 3.50. The van der Waals surface area contributed by atoms with Crippen molar-refractivity contribution >= 4 is 11.6 Å². The molecule has 5 nitrogen and oxygen atoms in total. The number of hydrogen-bond donors (Lipinski definition) is 1.